The molecule has 0 aromatic heterocycles. The van der Waals surface area contributed by atoms with Gasteiger partial charge in [0.2, 0.25) is 0 Å². The lowest BCUT2D eigenvalue weighted by Gasteiger charge is -2.16. The predicted molar refractivity (Wildman–Crippen MR) is 67.6 cm³/mol. The molecule has 0 bridgehead atoms. The van der Waals surface area contributed by atoms with Crippen LogP contribution in [0.25, 0.3) is 0 Å². The van der Waals surface area contributed by atoms with Crippen LogP contribution in [0.4, 0.5) is 4.79 Å². The first kappa shape index (κ1) is 14.3. The second-order valence-corrected chi connectivity index (χ2v) is 5.30. The smallest absolute Gasteiger partial charge is 0.434 e. The van der Waals surface area contributed by atoms with Crippen molar-refractivity contribution in [1.82, 2.24) is 0 Å². The molecule has 1 aliphatic carbocycles. The number of hydrogen-bond donors (Lipinski definition) is 0. The summed E-state index contributed by atoms with van der Waals surface area (Å²) < 4.78 is 14.9. The van der Waals surface area contributed by atoms with Gasteiger partial charge in [0.05, 0.1) is 24.7 Å². The maximum absolute atomic E-state index is 11.7. The first-order chi connectivity index (χ1) is 9.20. The minimum absolute atomic E-state index is 0.205. The van der Waals surface area contributed by atoms with Gasteiger partial charge >= 0.3 is 12.1 Å². The second kappa shape index (κ2) is 6.89. The summed E-state index contributed by atoms with van der Waals surface area (Å²) in [6.07, 6.45) is 6.09. The first-order valence-corrected chi connectivity index (χ1v) is 7.24. The van der Waals surface area contributed by atoms with Crippen LogP contribution in [0.3, 0.4) is 0 Å². The molecule has 108 valence electrons. The summed E-state index contributed by atoms with van der Waals surface area (Å²) in [5, 5.41) is 0. The number of unbranched alkanes of at least 4 members (excludes halogenated alkanes) is 3. The number of fused-ring (bicyclic) bond motifs is 1. The molecule has 3 unspecified atom stereocenters. The van der Waals surface area contributed by atoms with E-state index in [0.717, 1.165) is 38.5 Å². The molecule has 5 heteroatoms. The number of carbonyl (C=O) groups excluding carboxylic acids is 2. The van der Waals surface area contributed by atoms with E-state index in [2.05, 4.69) is 6.92 Å². The lowest BCUT2D eigenvalue weighted by atomic mass is 9.89. The molecule has 19 heavy (non-hydrogen) atoms. The third-order valence-electron chi connectivity index (χ3n) is 3.74. The van der Waals surface area contributed by atoms with Gasteiger partial charge in [-0.05, 0) is 25.7 Å². The standard InChI is InChI=1S/C14H22O5/c1-2-3-4-5-8-17-14(16)19-13(15)10-6-7-11-12(9-10)18-11/h10-12H,2-9H2,1H3. The lowest BCUT2D eigenvalue weighted by Crippen LogP contribution is -2.26. The van der Waals surface area contributed by atoms with Crippen molar-refractivity contribution in [2.45, 2.75) is 64.1 Å². The molecule has 1 saturated heterocycles. The molecule has 5 nitrogen and oxygen atoms in total. The average Bonchev–Trinajstić information content (AvgIpc) is 3.16. The zero-order valence-corrected chi connectivity index (χ0v) is 11.4. The van der Waals surface area contributed by atoms with Crippen LogP contribution in [0.5, 0.6) is 0 Å². The highest BCUT2D eigenvalue weighted by Crippen LogP contribution is 2.39. The molecule has 1 aliphatic heterocycles. The van der Waals surface area contributed by atoms with Crippen molar-refractivity contribution in [3.05, 3.63) is 0 Å². The number of hydrogen-bond acceptors (Lipinski definition) is 5. The van der Waals surface area contributed by atoms with Crippen molar-refractivity contribution in [2.75, 3.05) is 6.61 Å². The van der Waals surface area contributed by atoms with E-state index in [1.54, 1.807) is 0 Å². The lowest BCUT2D eigenvalue weighted by molar-refractivity contribution is -0.145. The molecule has 0 aromatic carbocycles. The van der Waals surface area contributed by atoms with E-state index in [-0.39, 0.29) is 12.0 Å². The topological polar surface area (TPSA) is 65.1 Å². The highest BCUT2D eigenvalue weighted by Gasteiger charge is 2.46. The highest BCUT2D eigenvalue weighted by atomic mass is 16.7. The molecule has 2 rings (SSSR count). The summed E-state index contributed by atoms with van der Waals surface area (Å²) in [6.45, 7) is 2.44. The molecule has 2 aliphatic rings. The molecule has 3 atom stereocenters. The van der Waals surface area contributed by atoms with Gasteiger partial charge in [-0.15, -0.1) is 0 Å². The van der Waals surface area contributed by atoms with E-state index in [4.69, 9.17) is 14.2 Å². The van der Waals surface area contributed by atoms with Crippen LogP contribution in [0.15, 0.2) is 0 Å². The number of esters is 1. The first-order valence-electron chi connectivity index (χ1n) is 7.24. The molecule has 0 radical (unpaired) electrons. The fraction of sp³-hybridized carbons (Fsp3) is 0.857. The van der Waals surface area contributed by atoms with E-state index >= 15 is 0 Å². The van der Waals surface area contributed by atoms with E-state index in [1.807, 2.05) is 0 Å². The Balaban J connectivity index is 1.57. The highest BCUT2D eigenvalue weighted by molar-refractivity contribution is 5.83. The van der Waals surface area contributed by atoms with Crippen molar-refractivity contribution in [1.29, 1.82) is 0 Å². The number of carbonyl (C=O) groups is 2. The number of rotatable bonds is 6. The summed E-state index contributed by atoms with van der Waals surface area (Å²) in [5.41, 5.74) is 0. The van der Waals surface area contributed by atoms with Gasteiger partial charge in [-0.25, -0.2) is 4.79 Å². The molecule has 0 spiro atoms. The monoisotopic (exact) mass is 270 g/mol. The van der Waals surface area contributed by atoms with Gasteiger partial charge in [0.15, 0.2) is 0 Å². The van der Waals surface area contributed by atoms with Crippen molar-refractivity contribution in [3.63, 3.8) is 0 Å². The van der Waals surface area contributed by atoms with Crippen molar-refractivity contribution in [2.24, 2.45) is 5.92 Å². The molecule has 0 amide bonds. The van der Waals surface area contributed by atoms with Crippen molar-refractivity contribution >= 4 is 12.1 Å². The summed E-state index contributed by atoms with van der Waals surface area (Å²) >= 11 is 0. The molecular weight excluding hydrogens is 248 g/mol. The van der Waals surface area contributed by atoms with Gasteiger partial charge in [0.1, 0.15) is 0 Å². The fourth-order valence-corrected chi connectivity index (χ4v) is 2.50. The van der Waals surface area contributed by atoms with E-state index < -0.39 is 12.1 Å². The van der Waals surface area contributed by atoms with Gasteiger partial charge in [0, 0.05) is 0 Å². The largest absolute Gasteiger partial charge is 0.516 e. The minimum atomic E-state index is -0.861. The molecule has 0 N–H and O–H groups in total. The van der Waals surface area contributed by atoms with E-state index in [9.17, 15) is 9.59 Å². The minimum Gasteiger partial charge on any atom is -0.434 e. The third-order valence-corrected chi connectivity index (χ3v) is 3.74. The van der Waals surface area contributed by atoms with E-state index in [1.165, 1.54) is 0 Å². The van der Waals surface area contributed by atoms with Gasteiger partial charge < -0.3 is 14.2 Å². The Morgan fingerprint density at radius 1 is 1.16 bits per heavy atom. The third kappa shape index (κ3) is 4.49. The van der Waals surface area contributed by atoms with Crippen LogP contribution < -0.4 is 0 Å². The summed E-state index contributed by atoms with van der Waals surface area (Å²) in [4.78, 5) is 23.1. The van der Waals surface area contributed by atoms with Crippen molar-refractivity contribution in [3.8, 4) is 0 Å². The Labute approximate surface area is 113 Å². The molecular formula is C14H22O5. The predicted octanol–water partition coefficient (Wildman–Crippen LogP) is 2.81. The summed E-state index contributed by atoms with van der Waals surface area (Å²) in [5.74, 6) is -0.677. The zero-order valence-electron chi connectivity index (χ0n) is 11.4. The molecule has 1 saturated carbocycles. The number of epoxide rings is 1. The van der Waals surface area contributed by atoms with Crippen LogP contribution in [-0.2, 0) is 19.0 Å². The summed E-state index contributed by atoms with van der Waals surface area (Å²) in [6, 6.07) is 0. The average molecular weight is 270 g/mol. The summed E-state index contributed by atoms with van der Waals surface area (Å²) in [7, 11) is 0. The van der Waals surface area contributed by atoms with Crippen LogP contribution >= 0.6 is 0 Å². The van der Waals surface area contributed by atoms with Crippen LogP contribution in [0, 0.1) is 5.92 Å². The normalized spacial score (nSPS) is 28.4. The van der Waals surface area contributed by atoms with Gasteiger partial charge in [-0.3, -0.25) is 4.79 Å². The molecule has 0 aromatic rings. The quantitative estimate of drug-likeness (QED) is 0.321. The number of ether oxygens (including phenoxy) is 3. The maximum atomic E-state index is 11.7. The second-order valence-electron chi connectivity index (χ2n) is 5.30. The van der Waals surface area contributed by atoms with Crippen molar-refractivity contribution < 1.29 is 23.8 Å². The van der Waals surface area contributed by atoms with Gasteiger partial charge in [-0.1, -0.05) is 26.2 Å². The van der Waals surface area contributed by atoms with E-state index in [0.29, 0.717) is 19.1 Å². The molecule has 2 fully saturated rings. The zero-order chi connectivity index (χ0) is 13.7. The van der Waals surface area contributed by atoms with Crippen LogP contribution in [0.2, 0.25) is 0 Å². The Kier molecular flexibility index (Phi) is 5.19. The Hall–Kier alpha value is -1.10. The van der Waals surface area contributed by atoms with Gasteiger partial charge in [0.25, 0.3) is 0 Å². The molecule has 1 heterocycles. The van der Waals surface area contributed by atoms with Gasteiger partial charge in [-0.2, -0.15) is 0 Å². The Morgan fingerprint density at radius 2 is 2.00 bits per heavy atom. The SMILES string of the molecule is CCCCCCOC(=O)OC(=O)C1CCC2OC2C1. The Bertz CT molecular complexity index is 328. The van der Waals surface area contributed by atoms with Crippen LogP contribution in [0.1, 0.15) is 51.9 Å². The Morgan fingerprint density at radius 3 is 2.74 bits per heavy atom. The fourth-order valence-electron chi connectivity index (χ4n) is 2.50. The maximum Gasteiger partial charge on any atom is 0.516 e. The van der Waals surface area contributed by atoms with Crippen LogP contribution in [-0.4, -0.2) is 30.9 Å².